The maximum Gasteiger partial charge on any atom is 0 e. The van der Waals surface area contributed by atoms with E-state index in [0.717, 1.165) is 6.54 Å². The maximum atomic E-state index is 4.82. The van der Waals surface area contributed by atoms with Gasteiger partial charge in [0.1, 0.15) is 0 Å². The molecule has 0 aliphatic carbocycles. The van der Waals surface area contributed by atoms with Crippen LogP contribution in [0, 0.1) is 6.67 Å². The minimum Gasteiger partial charge on any atom is -0.668 e. The fraction of sp³-hybridized carbons (Fsp3) is 0.750. The Labute approximate surface area is 141 Å². The van der Waals surface area contributed by atoms with Crippen molar-refractivity contribution in [2.24, 2.45) is 0 Å². The van der Waals surface area contributed by atoms with Gasteiger partial charge in [-0.2, -0.15) is 6.67 Å². The number of rotatable bonds is 3. The standard InChI is InChI=1S/C6H11N2.C6H18NSi2.Y/c1-3-8-5-4-7(2)6-8;1-8(2,3)7-9(4,5)6;/h4-6H,3H2,1-2H3;1-6H3;/q2*-1;. The first-order valence-corrected chi connectivity index (χ1v) is 13.2. The number of hydrogen-bond donors (Lipinski definition) is 0. The summed E-state index contributed by atoms with van der Waals surface area (Å²) in [7, 11) is -0.192. The fourth-order valence-electron chi connectivity index (χ4n) is 1.70. The number of hydrogen-bond acceptors (Lipinski definition) is 2. The summed E-state index contributed by atoms with van der Waals surface area (Å²) in [5.41, 5.74) is 0. The largest absolute Gasteiger partial charge is 0.668 e. The van der Waals surface area contributed by atoms with Gasteiger partial charge in [-0.25, -0.2) is 0 Å². The SMILES string of the molecule is CCN1C=CN(C)[CH-]1.C[Si](C)(C)[N-][Si](C)(C)C.[Y]. The minimum atomic E-state index is -1.11. The van der Waals surface area contributed by atoms with E-state index in [1.54, 1.807) is 0 Å². The molecule has 3 nitrogen and oxygen atoms in total. The van der Waals surface area contributed by atoms with Crippen LogP contribution in [0.15, 0.2) is 12.4 Å². The van der Waals surface area contributed by atoms with Crippen LogP contribution >= 0.6 is 0 Å². The quantitative estimate of drug-likeness (QED) is 0.563. The third-order valence-electron chi connectivity index (χ3n) is 1.86. The summed E-state index contributed by atoms with van der Waals surface area (Å²) >= 11 is 0. The third-order valence-corrected chi connectivity index (χ3v) is 7.23. The van der Waals surface area contributed by atoms with Gasteiger partial charge in [-0.05, 0) is 26.0 Å². The molecule has 1 heterocycles. The summed E-state index contributed by atoms with van der Waals surface area (Å²) in [6, 6.07) is 0. The van der Waals surface area contributed by atoms with Crippen molar-refractivity contribution in [3.05, 3.63) is 23.7 Å². The van der Waals surface area contributed by atoms with Crippen LogP contribution in [0.4, 0.5) is 0 Å². The molecule has 0 aromatic heterocycles. The van der Waals surface area contributed by atoms with Crippen molar-refractivity contribution < 1.29 is 32.7 Å². The zero-order valence-electron chi connectivity index (χ0n) is 13.4. The second kappa shape index (κ2) is 8.90. The van der Waals surface area contributed by atoms with Gasteiger partial charge in [0, 0.05) is 32.7 Å². The van der Waals surface area contributed by atoms with E-state index < -0.39 is 16.5 Å². The predicted molar refractivity (Wildman–Crippen MR) is 83.6 cm³/mol. The van der Waals surface area contributed by atoms with Crippen LogP contribution in [-0.2, 0) is 32.7 Å². The fourth-order valence-corrected chi connectivity index (χ4v) is 9.74. The van der Waals surface area contributed by atoms with Crippen molar-refractivity contribution in [1.82, 2.24) is 9.80 Å². The zero-order chi connectivity index (χ0) is 13.7. The van der Waals surface area contributed by atoms with Crippen LogP contribution in [-0.4, -0.2) is 39.9 Å². The second-order valence-corrected chi connectivity index (χ2v) is 15.9. The molecule has 6 heteroatoms. The molecule has 1 radical (unpaired) electrons. The van der Waals surface area contributed by atoms with Crippen LogP contribution in [0.2, 0.25) is 39.3 Å². The summed E-state index contributed by atoms with van der Waals surface area (Å²) in [5.74, 6) is 0. The van der Waals surface area contributed by atoms with Crippen LogP contribution in [0.25, 0.3) is 4.65 Å². The van der Waals surface area contributed by atoms with Crippen molar-refractivity contribution in [2.45, 2.75) is 46.2 Å². The van der Waals surface area contributed by atoms with Gasteiger partial charge in [0.2, 0.25) is 0 Å². The maximum absolute atomic E-state index is 4.82. The Bertz CT molecular complexity index is 235. The summed E-state index contributed by atoms with van der Waals surface area (Å²) < 4.78 is 4.82. The van der Waals surface area contributed by atoms with E-state index in [9.17, 15) is 0 Å². The van der Waals surface area contributed by atoms with Gasteiger partial charge in [-0.3, -0.25) is 0 Å². The Balaban J connectivity index is 0. The molecule has 1 aliphatic rings. The van der Waals surface area contributed by atoms with Crippen molar-refractivity contribution in [2.75, 3.05) is 13.6 Å². The predicted octanol–water partition coefficient (Wildman–Crippen LogP) is 3.87. The molecule has 0 fully saturated rings. The zero-order valence-corrected chi connectivity index (χ0v) is 18.2. The molecule has 1 rings (SSSR count). The van der Waals surface area contributed by atoms with E-state index in [0.29, 0.717) is 0 Å². The van der Waals surface area contributed by atoms with E-state index in [1.807, 2.05) is 18.1 Å². The van der Waals surface area contributed by atoms with Crippen LogP contribution < -0.4 is 0 Å². The first-order chi connectivity index (χ1) is 7.53. The monoisotopic (exact) mass is 360 g/mol. The Kier molecular flexibility index (Phi) is 10.5. The van der Waals surface area contributed by atoms with Crippen LogP contribution in [0.5, 0.6) is 0 Å². The molecule has 18 heavy (non-hydrogen) atoms. The summed E-state index contributed by atoms with van der Waals surface area (Å²) in [6.07, 6.45) is 4.09. The van der Waals surface area contributed by atoms with Crippen molar-refractivity contribution in [1.29, 1.82) is 0 Å². The summed E-state index contributed by atoms with van der Waals surface area (Å²) in [5, 5.41) is 0. The van der Waals surface area contributed by atoms with Gasteiger partial charge in [0.05, 0.1) is 0 Å². The topological polar surface area (TPSA) is 20.6 Å². The molecule has 0 aromatic rings. The second-order valence-electron chi connectivity index (χ2n) is 6.36. The van der Waals surface area contributed by atoms with Crippen LogP contribution in [0.1, 0.15) is 6.92 Å². The van der Waals surface area contributed by atoms with Crippen molar-refractivity contribution in [3.8, 4) is 0 Å². The molecule has 0 aromatic carbocycles. The average molecular weight is 360 g/mol. The normalized spacial score (nSPS) is 15.1. The first kappa shape index (κ1) is 21.1. The van der Waals surface area contributed by atoms with Crippen LogP contribution in [0.3, 0.4) is 0 Å². The molecule has 0 atom stereocenters. The average Bonchev–Trinajstić information content (AvgIpc) is 2.45. The summed E-state index contributed by atoms with van der Waals surface area (Å²) in [6.45, 7) is 19.0. The van der Waals surface area contributed by atoms with E-state index in [1.165, 1.54) is 0 Å². The summed E-state index contributed by atoms with van der Waals surface area (Å²) in [4.78, 5) is 4.16. The minimum absolute atomic E-state index is 0. The first-order valence-electron chi connectivity index (χ1n) is 6.28. The van der Waals surface area contributed by atoms with E-state index >= 15 is 0 Å². The smallest absolute Gasteiger partial charge is 0 e. The van der Waals surface area contributed by atoms with Gasteiger partial charge >= 0.3 is 0 Å². The van der Waals surface area contributed by atoms with E-state index in [2.05, 4.69) is 64.0 Å². The van der Waals surface area contributed by atoms with Crippen molar-refractivity contribution in [3.63, 3.8) is 0 Å². The molecule has 0 spiro atoms. The third kappa shape index (κ3) is 13.3. The van der Waals surface area contributed by atoms with E-state index in [4.69, 9.17) is 4.65 Å². The molecule has 1 aliphatic heterocycles. The number of nitrogens with zero attached hydrogens (tertiary/aromatic N) is 3. The molecule has 0 saturated heterocycles. The molecule has 0 saturated carbocycles. The van der Waals surface area contributed by atoms with Gasteiger partial charge in [0.15, 0.2) is 0 Å². The Morgan fingerprint density at radius 3 is 1.56 bits per heavy atom. The van der Waals surface area contributed by atoms with Gasteiger partial charge in [-0.1, -0.05) is 62.7 Å². The van der Waals surface area contributed by atoms with Gasteiger partial charge in [-0.15, -0.1) is 0 Å². The molecule has 0 unspecified atom stereocenters. The molecule has 0 N–H and O–H groups in total. The molecule has 0 bridgehead atoms. The van der Waals surface area contributed by atoms with Gasteiger partial charge in [0.25, 0.3) is 0 Å². The Morgan fingerprint density at radius 1 is 1.00 bits per heavy atom. The molecule has 0 amide bonds. The molecular weight excluding hydrogens is 331 g/mol. The Hall–Kier alpha value is 0.838. The van der Waals surface area contributed by atoms with Crippen molar-refractivity contribution >= 4 is 16.5 Å². The van der Waals surface area contributed by atoms with Gasteiger partial charge < -0.3 is 14.4 Å². The molecule has 105 valence electrons. The van der Waals surface area contributed by atoms with E-state index in [-0.39, 0.29) is 32.7 Å². The molecular formula is C12H29N3Si2Y-2. The Morgan fingerprint density at radius 2 is 1.44 bits per heavy atom.